The van der Waals surface area contributed by atoms with Crippen molar-refractivity contribution in [3.63, 3.8) is 0 Å². The fourth-order valence-electron chi connectivity index (χ4n) is 1.18. The Morgan fingerprint density at radius 2 is 2.27 bits per heavy atom. The lowest BCUT2D eigenvalue weighted by Gasteiger charge is -2.09. The van der Waals surface area contributed by atoms with Crippen molar-refractivity contribution in [2.75, 3.05) is 12.8 Å². The van der Waals surface area contributed by atoms with Gasteiger partial charge >= 0.3 is 0 Å². The highest BCUT2D eigenvalue weighted by Crippen LogP contribution is 2.10. The highest BCUT2D eigenvalue weighted by atomic mass is 35.5. The minimum atomic E-state index is -0.761. The normalized spacial score (nSPS) is 14.9. The van der Waals surface area contributed by atoms with Crippen LogP contribution in [0.15, 0.2) is 24.3 Å². The van der Waals surface area contributed by atoms with Crippen LogP contribution in [0.5, 0.6) is 0 Å². The number of rotatable bonds is 5. The highest BCUT2D eigenvalue weighted by Gasteiger charge is 2.04. The lowest BCUT2D eigenvalue weighted by atomic mass is 10.2. The fraction of sp³-hybridized carbons (Fsp3) is 0.455. The summed E-state index contributed by atoms with van der Waals surface area (Å²) in [7, 11) is -0.761. The van der Waals surface area contributed by atoms with E-state index in [1.807, 2.05) is 31.2 Å². The van der Waals surface area contributed by atoms with Crippen LogP contribution >= 0.6 is 11.6 Å². The Morgan fingerprint density at radius 1 is 1.53 bits per heavy atom. The highest BCUT2D eigenvalue weighted by molar-refractivity contribution is 7.84. The van der Waals surface area contributed by atoms with E-state index in [0.717, 1.165) is 23.7 Å². The van der Waals surface area contributed by atoms with E-state index in [4.69, 9.17) is 11.6 Å². The van der Waals surface area contributed by atoms with Crippen molar-refractivity contribution in [1.29, 1.82) is 0 Å². The van der Waals surface area contributed by atoms with E-state index in [1.54, 1.807) is 6.26 Å². The van der Waals surface area contributed by atoms with Gasteiger partial charge in [0.2, 0.25) is 0 Å². The average Bonchev–Trinajstić information content (AvgIpc) is 2.17. The third-order valence-corrected chi connectivity index (χ3v) is 3.75. The summed E-state index contributed by atoms with van der Waals surface area (Å²) in [5.74, 6) is 0. The maximum atomic E-state index is 11.1. The van der Waals surface area contributed by atoms with Crippen LogP contribution in [0.25, 0.3) is 0 Å². The number of halogens is 1. The zero-order chi connectivity index (χ0) is 11.3. The van der Waals surface area contributed by atoms with Crippen molar-refractivity contribution in [1.82, 2.24) is 5.32 Å². The van der Waals surface area contributed by atoms with E-state index in [0.29, 0.717) is 0 Å². The summed E-state index contributed by atoms with van der Waals surface area (Å²) in [6.07, 6.45) is 1.73. The molecule has 0 aromatic heterocycles. The van der Waals surface area contributed by atoms with E-state index >= 15 is 0 Å². The molecule has 0 bridgehead atoms. The molecule has 2 atom stereocenters. The van der Waals surface area contributed by atoms with Gasteiger partial charge in [-0.25, -0.2) is 0 Å². The summed E-state index contributed by atoms with van der Waals surface area (Å²) in [6, 6.07) is 7.74. The first kappa shape index (κ1) is 12.7. The number of nitrogens with one attached hydrogen (secondary N) is 1. The molecule has 2 nitrogen and oxygen atoms in total. The van der Waals surface area contributed by atoms with Gasteiger partial charge in [-0.15, -0.1) is 0 Å². The number of hydrogen-bond donors (Lipinski definition) is 1. The van der Waals surface area contributed by atoms with Gasteiger partial charge in [-0.3, -0.25) is 4.21 Å². The molecule has 0 spiro atoms. The Hall–Kier alpha value is -0.380. The molecule has 1 aromatic carbocycles. The Kier molecular flexibility index (Phi) is 5.29. The van der Waals surface area contributed by atoms with Gasteiger partial charge in [0.15, 0.2) is 0 Å². The van der Waals surface area contributed by atoms with Crippen LogP contribution in [0.3, 0.4) is 0 Å². The smallest absolute Gasteiger partial charge is 0.0441 e. The molecular formula is C11H16ClNOS. The Labute approximate surface area is 98.5 Å². The first-order chi connectivity index (χ1) is 7.09. The Bertz CT molecular complexity index is 343. The van der Waals surface area contributed by atoms with Crippen LogP contribution in [-0.2, 0) is 17.3 Å². The van der Waals surface area contributed by atoms with Crippen molar-refractivity contribution >= 4 is 22.4 Å². The van der Waals surface area contributed by atoms with Gasteiger partial charge in [-0.05, 0) is 24.6 Å². The second-order valence-electron chi connectivity index (χ2n) is 3.57. The van der Waals surface area contributed by atoms with Crippen molar-refractivity contribution < 1.29 is 4.21 Å². The van der Waals surface area contributed by atoms with Crippen molar-refractivity contribution in [2.24, 2.45) is 0 Å². The molecule has 2 unspecified atom stereocenters. The summed E-state index contributed by atoms with van der Waals surface area (Å²) >= 11 is 5.86. The molecule has 0 aliphatic rings. The third-order valence-electron chi connectivity index (χ3n) is 2.22. The van der Waals surface area contributed by atoms with Crippen LogP contribution in [-0.4, -0.2) is 22.3 Å². The molecule has 0 aliphatic heterocycles. The summed E-state index contributed by atoms with van der Waals surface area (Å²) < 4.78 is 11.1. The number of hydrogen-bond acceptors (Lipinski definition) is 2. The minimum Gasteiger partial charge on any atom is -0.311 e. The van der Waals surface area contributed by atoms with E-state index in [1.165, 1.54) is 0 Å². The predicted octanol–water partition coefficient (Wildman–Crippen LogP) is 2.20. The predicted molar refractivity (Wildman–Crippen MR) is 66.7 cm³/mol. The molecular weight excluding hydrogens is 230 g/mol. The van der Waals surface area contributed by atoms with Crippen LogP contribution in [0, 0.1) is 0 Å². The molecule has 0 fully saturated rings. The lowest BCUT2D eigenvalue weighted by molar-refractivity contribution is 0.647. The van der Waals surface area contributed by atoms with Gasteiger partial charge < -0.3 is 5.32 Å². The van der Waals surface area contributed by atoms with Gasteiger partial charge in [-0.1, -0.05) is 23.7 Å². The van der Waals surface area contributed by atoms with E-state index < -0.39 is 10.8 Å². The second kappa shape index (κ2) is 6.26. The molecule has 0 heterocycles. The van der Waals surface area contributed by atoms with Gasteiger partial charge in [0.1, 0.15) is 0 Å². The van der Waals surface area contributed by atoms with E-state index in [-0.39, 0.29) is 5.25 Å². The SMILES string of the molecule is CC(CNCc1cccc(Cl)c1)S(C)=O. The van der Waals surface area contributed by atoms with Gasteiger partial charge in [0.05, 0.1) is 0 Å². The van der Waals surface area contributed by atoms with Crippen LogP contribution < -0.4 is 5.32 Å². The van der Waals surface area contributed by atoms with Gasteiger partial charge in [0, 0.05) is 40.4 Å². The Morgan fingerprint density at radius 3 is 2.87 bits per heavy atom. The molecule has 0 radical (unpaired) electrons. The van der Waals surface area contributed by atoms with E-state index in [2.05, 4.69) is 5.32 Å². The molecule has 1 rings (SSSR count). The maximum Gasteiger partial charge on any atom is 0.0441 e. The Balaban J connectivity index is 2.35. The molecule has 0 saturated heterocycles. The number of benzene rings is 1. The topological polar surface area (TPSA) is 29.1 Å². The van der Waals surface area contributed by atoms with Crippen molar-refractivity contribution in [3.8, 4) is 0 Å². The molecule has 1 aromatic rings. The minimum absolute atomic E-state index is 0.184. The van der Waals surface area contributed by atoms with Crippen LogP contribution in [0.4, 0.5) is 0 Å². The average molecular weight is 246 g/mol. The maximum absolute atomic E-state index is 11.1. The van der Waals surface area contributed by atoms with Gasteiger partial charge in [0.25, 0.3) is 0 Å². The lowest BCUT2D eigenvalue weighted by Crippen LogP contribution is -2.27. The zero-order valence-corrected chi connectivity index (χ0v) is 10.6. The molecule has 0 aliphatic carbocycles. The first-order valence-electron chi connectivity index (χ1n) is 4.87. The molecule has 15 heavy (non-hydrogen) atoms. The molecule has 1 N–H and O–H groups in total. The summed E-state index contributed by atoms with van der Waals surface area (Å²) in [5.41, 5.74) is 1.15. The molecule has 0 saturated carbocycles. The molecule has 0 amide bonds. The van der Waals surface area contributed by atoms with Crippen molar-refractivity contribution in [3.05, 3.63) is 34.9 Å². The largest absolute Gasteiger partial charge is 0.311 e. The third kappa shape index (κ3) is 4.78. The van der Waals surface area contributed by atoms with Crippen LogP contribution in [0.2, 0.25) is 5.02 Å². The zero-order valence-electron chi connectivity index (χ0n) is 9.00. The second-order valence-corrected chi connectivity index (χ2v) is 5.81. The summed E-state index contributed by atoms with van der Waals surface area (Å²) in [6.45, 7) is 3.50. The molecule has 84 valence electrons. The fourth-order valence-corrected chi connectivity index (χ4v) is 1.75. The van der Waals surface area contributed by atoms with E-state index in [9.17, 15) is 4.21 Å². The quantitative estimate of drug-likeness (QED) is 0.862. The van der Waals surface area contributed by atoms with Gasteiger partial charge in [-0.2, -0.15) is 0 Å². The summed E-state index contributed by atoms with van der Waals surface area (Å²) in [4.78, 5) is 0. The monoisotopic (exact) mass is 245 g/mol. The first-order valence-corrected chi connectivity index (χ1v) is 6.87. The van der Waals surface area contributed by atoms with Crippen LogP contribution in [0.1, 0.15) is 12.5 Å². The molecule has 4 heteroatoms. The van der Waals surface area contributed by atoms with Crippen molar-refractivity contribution in [2.45, 2.75) is 18.7 Å². The summed E-state index contributed by atoms with van der Waals surface area (Å²) in [5, 5.41) is 4.19. The standard InChI is InChI=1S/C11H16ClNOS/c1-9(15(2)14)7-13-8-10-4-3-5-11(12)6-10/h3-6,9,13H,7-8H2,1-2H3.